The van der Waals surface area contributed by atoms with Crippen LogP contribution in [0.25, 0.3) is 0 Å². The van der Waals surface area contributed by atoms with Crippen LogP contribution in [-0.2, 0) is 22.6 Å². The number of pyridine rings is 1. The van der Waals surface area contributed by atoms with Gasteiger partial charge in [-0.25, -0.2) is 9.37 Å². The number of hydrogen-bond acceptors (Lipinski definition) is 6. The number of halogens is 1. The third kappa shape index (κ3) is 4.27. The predicted octanol–water partition coefficient (Wildman–Crippen LogP) is 3.30. The molecule has 9 heteroatoms. The first kappa shape index (κ1) is 21.4. The van der Waals surface area contributed by atoms with Gasteiger partial charge in [0.1, 0.15) is 17.4 Å². The summed E-state index contributed by atoms with van der Waals surface area (Å²) in [4.78, 5) is 18.9. The fraction of sp³-hybridized carbons (Fsp3) is 0.261. The lowest BCUT2D eigenvalue weighted by Gasteiger charge is -2.36. The topological polar surface area (TPSA) is 84.3 Å². The minimum Gasteiger partial charge on any atom is -0.499 e. The van der Waals surface area contributed by atoms with Gasteiger partial charge < -0.3 is 20.3 Å². The van der Waals surface area contributed by atoms with Crippen molar-refractivity contribution in [3.63, 3.8) is 0 Å². The summed E-state index contributed by atoms with van der Waals surface area (Å²) in [7, 11) is 3.33. The second-order valence-electron chi connectivity index (χ2n) is 7.69. The molecule has 0 aliphatic carbocycles. The second kappa shape index (κ2) is 8.70. The number of aryl methyl sites for hydroxylation is 1. The van der Waals surface area contributed by atoms with Crippen molar-refractivity contribution in [1.29, 1.82) is 0 Å². The molecular formula is C23H25FN6O2. The van der Waals surface area contributed by atoms with Crippen LogP contribution in [0.2, 0.25) is 0 Å². The third-order valence-electron chi connectivity index (χ3n) is 5.43. The molecule has 1 aliphatic heterocycles. The van der Waals surface area contributed by atoms with Gasteiger partial charge in [-0.2, -0.15) is 5.10 Å². The monoisotopic (exact) mass is 436 g/mol. The number of nitrogens with one attached hydrogen (secondary N) is 2. The van der Waals surface area contributed by atoms with Crippen molar-refractivity contribution in [2.24, 2.45) is 0 Å². The van der Waals surface area contributed by atoms with Crippen LogP contribution in [0, 0.1) is 12.7 Å². The summed E-state index contributed by atoms with van der Waals surface area (Å²) in [5.74, 6) is 0.589. The number of rotatable bonds is 7. The highest BCUT2D eigenvalue weighted by Crippen LogP contribution is 2.36. The number of fused-ring (bicyclic) bond motifs is 1. The van der Waals surface area contributed by atoms with E-state index < -0.39 is 6.04 Å². The van der Waals surface area contributed by atoms with E-state index in [4.69, 9.17) is 4.74 Å². The lowest BCUT2D eigenvalue weighted by atomic mass is 10.1. The molecule has 0 saturated carbocycles. The van der Waals surface area contributed by atoms with Crippen LogP contribution in [0.3, 0.4) is 0 Å². The van der Waals surface area contributed by atoms with Gasteiger partial charge >= 0.3 is 0 Å². The van der Waals surface area contributed by atoms with E-state index in [0.29, 0.717) is 36.0 Å². The number of nitrogens with zero attached hydrogens (tertiary/aromatic N) is 4. The Hall–Kier alpha value is -3.88. The first-order valence-corrected chi connectivity index (χ1v) is 10.1. The molecule has 3 heterocycles. The quantitative estimate of drug-likeness (QED) is 0.553. The summed E-state index contributed by atoms with van der Waals surface area (Å²) in [6.45, 7) is 6.78. The molecule has 1 aliphatic rings. The first-order chi connectivity index (χ1) is 15.4. The molecule has 2 N–H and O–H groups in total. The minimum atomic E-state index is -0.619. The molecule has 0 fully saturated rings. The molecule has 2 aromatic heterocycles. The number of ether oxygens (including phenoxy) is 1. The van der Waals surface area contributed by atoms with Crippen LogP contribution in [0.1, 0.15) is 16.8 Å². The lowest BCUT2D eigenvalue weighted by molar-refractivity contribution is -0.117. The van der Waals surface area contributed by atoms with Crippen LogP contribution in [0.5, 0.6) is 0 Å². The number of amides is 1. The number of hydrogen-bond donors (Lipinski definition) is 2. The van der Waals surface area contributed by atoms with Gasteiger partial charge in [-0.3, -0.25) is 9.48 Å². The Labute approximate surface area is 185 Å². The lowest BCUT2D eigenvalue weighted by Crippen LogP contribution is -2.47. The van der Waals surface area contributed by atoms with Crippen molar-refractivity contribution in [3.05, 3.63) is 77.7 Å². The van der Waals surface area contributed by atoms with Crippen molar-refractivity contribution >= 4 is 23.1 Å². The standard InChI is InChI=1S/C23H25FN6O2/c1-14-21-19(29(3)22(15(2)32-4)23(31)28-21)9-20(27-14)25-10-17-11-26-30(13-17)12-16-5-7-18(24)8-6-16/h5-9,11,13,22H,2,10,12H2,1,3-4H3,(H,25,27)(H,28,31)/t22-/m0/s1. The van der Waals surface area contributed by atoms with Crippen LogP contribution in [-0.4, -0.2) is 40.9 Å². The van der Waals surface area contributed by atoms with E-state index in [9.17, 15) is 9.18 Å². The molecule has 4 rings (SSSR count). The van der Waals surface area contributed by atoms with Crippen LogP contribution < -0.4 is 15.5 Å². The summed E-state index contributed by atoms with van der Waals surface area (Å²) in [5, 5.41) is 10.6. The third-order valence-corrected chi connectivity index (χ3v) is 5.43. The number of anilines is 3. The Balaban J connectivity index is 1.47. The normalized spacial score (nSPS) is 15.2. The zero-order valence-corrected chi connectivity index (χ0v) is 18.2. The Kier molecular flexibility index (Phi) is 5.81. The summed E-state index contributed by atoms with van der Waals surface area (Å²) < 4.78 is 20.1. The van der Waals surface area contributed by atoms with E-state index in [1.54, 1.807) is 23.0 Å². The van der Waals surface area contributed by atoms with Crippen molar-refractivity contribution in [1.82, 2.24) is 14.8 Å². The molecule has 32 heavy (non-hydrogen) atoms. The molecule has 1 amide bonds. The number of likely N-dealkylation sites (N-methyl/N-ethyl adjacent to an activating group) is 1. The molecule has 0 bridgehead atoms. The number of carbonyl (C=O) groups is 1. The van der Waals surface area contributed by atoms with Crippen molar-refractivity contribution < 1.29 is 13.9 Å². The molecule has 0 radical (unpaired) electrons. The molecule has 8 nitrogen and oxygen atoms in total. The molecule has 0 unspecified atom stereocenters. The van der Waals surface area contributed by atoms with E-state index in [0.717, 1.165) is 16.8 Å². The summed E-state index contributed by atoms with van der Waals surface area (Å²) >= 11 is 0. The SMILES string of the molecule is C=C(OC)[C@H]1C(=O)Nc2c(cc(NCc3cnn(Cc4ccc(F)cc4)c3)nc2C)N1C. The number of carbonyl (C=O) groups excluding carboxylic acids is 1. The Morgan fingerprint density at radius 3 is 2.78 bits per heavy atom. The van der Waals surface area contributed by atoms with Gasteiger partial charge in [-0.05, 0) is 24.6 Å². The van der Waals surface area contributed by atoms with Gasteiger partial charge in [0.25, 0.3) is 5.91 Å². The number of benzene rings is 1. The van der Waals surface area contributed by atoms with Crippen molar-refractivity contribution in [2.45, 2.75) is 26.1 Å². The highest BCUT2D eigenvalue weighted by atomic mass is 19.1. The minimum absolute atomic E-state index is 0.203. The average Bonchev–Trinajstić information content (AvgIpc) is 3.22. The molecule has 1 atom stereocenters. The van der Waals surface area contributed by atoms with Crippen LogP contribution in [0.15, 0.2) is 55.1 Å². The number of methoxy groups -OCH3 is 1. The van der Waals surface area contributed by atoms with Crippen LogP contribution in [0.4, 0.5) is 21.6 Å². The summed E-state index contributed by atoms with van der Waals surface area (Å²) in [6, 6.07) is 7.65. The predicted molar refractivity (Wildman–Crippen MR) is 121 cm³/mol. The maximum absolute atomic E-state index is 13.1. The molecule has 1 aromatic carbocycles. The van der Waals surface area contributed by atoms with Gasteiger partial charge in [-0.15, -0.1) is 0 Å². The largest absolute Gasteiger partial charge is 0.499 e. The highest BCUT2D eigenvalue weighted by molar-refractivity contribution is 6.05. The van der Waals surface area contributed by atoms with E-state index in [1.165, 1.54) is 19.2 Å². The smallest absolute Gasteiger partial charge is 0.255 e. The maximum Gasteiger partial charge on any atom is 0.255 e. The molecule has 0 saturated heterocycles. The van der Waals surface area contributed by atoms with Gasteiger partial charge in [0, 0.05) is 31.4 Å². The molecule has 166 valence electrons. The maximum atomic E-state index is 13.1. The second-order valence-corrected chi connectivity index (χ2v) is 7.69. The first-order valence-electron chi connectivity index (χ1n) is 10.1. The van der Waals surface area contributed by atoms with Gasteiger partial charge in [0.05, 0.1) is 36.9 Å². The Bertz CT molecular complexity index is 1160. The molecule has 3 aromatic rings. The molecule has 0 spiro atoms. The van der Waals surface area contributed by atoms with E-state index in [2.05, 4.69) is 27.3 Å². The zero-order chi connectivity index (χ0) is 22.8. The van der Waals surface area contributed by atoms with E-state index >= 15 is 0 Å². The van der Waals surface area contributed by atoms with E-state index in [1.807, 2.05) is 31.1 Å². The van der Waals surface area contributed by atoms with Gasteiger partial charge in [-0.1, -0.05) is 18.7 Å². The van der Waals surface area contributed by atoms with Crippen molar-refractivity contribution in [3.8, 4) is 0 Å². The Morgan fingerprint density at radius 1 is 1.31 bits per heavy atom. The zero-order valence-electron chi connectivity index (χ0n) is 18.2. The molecular weight excluding hydrogens is 411 g/mol. The summed E-state index contributed by atoms with van der Waals surface area (Å²) in [6.07, 6.45) is 3.72. The van der Waals surface area contributed by atoms with Crippen LogP contribution >= 0.6 is 0 Å². The highest BCUT2D eigenvalue weighted by Gasteiger charge is 2.35. The summed E-state index contributed by atoms with van der Waals surface area (Å²) in [5.41, 5.74) is 4.17. The fourth-order valence-corrected chi connectivity index (χ4v) is 3.71. The van der Waals surface area contributed by atoms with E-state index in [-0.39, 0.29) is 11.7 Å². The van der Waals surface area contributed by atoms with Gasteiger partial charge in [0.15, 0.2) is 6.04 Å². The average molecular weight is 436 g/mol. The Morgan fingerprint density at radius 2 is 2.06 bits per heavy atom. The van der Waals surface area contributed by atoms with Gasteiger partial charge in [0.2, 0.25) is 0 Å². The number of aromatic nitrogens is 3. The fourth-order valence-electron chi connectivity index (χ4n) is 3.71. The van der Waals surface area contributed by atoms with Crippen molar-refractivity contribution in [2.75, 3.05) is 29.7 Å².